The Morgan fingerprint density at radius 1 is 1.21 bits per heavy atom. The van der Waals surface area contributed by atoms with Gasteiger partial charge in [0.1, 0.15) is 12.0 Å². The van der Waals surface area contributed by atoms with E-state index in [4.69, 9.17) is 16.2 Å². The van der Waals surface area contributed by atoms with Gasteiger partial charge >= 0.3 is 0 Å². The van der Waals surface area contributed by atoms with Gasteiger partial charge < -0.3 is 25.6 Å². The van der Waals surface area contributed by atoms with Crippen LogP contribution in [-0.4, -0.2) is 29.6 Å². The number of hydrogen-bond acceptors (Lipinski definition) is 5. The Morgan fingerprint density at radius 3 is 2.62 bits per heavy atom. The van der Waals surface area contributed by atoms with Crippen molar-refractivity contribution >= 4 is 40.5 Å². The number of rotatable bonds is 10. The Kier molecular flexibility index (Phi) is 6.82. The van der Waals surface area contributed by atoms with Crippen LogP contribution < -0.4 is 16.2 Å². The molecule has 0 saturated heterocycles. The van der Waals surface area contributed by atoms with Gasteiger partial charge in [0.15, 0.2) is 0 Å². The first kappa shape index (κ1) is 20.8. The summed E-state index contributed by atoms with van der Waals surface area (Å²) in [5.74, 6) is 0.148. The van der Waals surface area contributed by atoms with Crippen LogP contribution in [0.2, 0.25) is 0 Å². The normalized spacial score (nSPS) is 10.9. The standard InChI is InChI=1S/C22H25N3O3S/c1-29-22-16(13-19(23)27)20-17(25(22)14-15-7-3-2-4-8-15)9-10-18(21(20)24)28-12-6-5-11-26/h2-4,7-11H,5-6,12-14,24H2,1H3,(H2,23,27). The van der Waals surface area contributed by atoms with Crippen molar-refractivity contribution in [2.75, 3.05) is 18.6 Å². The van der Waals surface area contributed by atoms with Crippen molar-refractivity contribution in [2.24, 2.45) is 5.73 Å². The van der Waals surface area contributed by atoms with Crippen LogP contribution in [0.4, 0.5) is 5.69 Å². The van der Waals surface area contributed by atoms with Gasteiger partial charge in [-0.25, -0.2) is 0 Å². The second kappa shape index (κ2) is 9.52. The minimum absolute atomic E-state index is 0.104. The molecule has 0 unspecified atom stereocenters. The molecule has 1 amide bonds. The highest BCUT2D eigenvalue weighted by Crippen LogP contribution is 2.40. The van der Waals surface area contributed by atoms with Crippen LogP contribution >= 0.6 is 11.8 Å². The lowest BCUT2D eigenvalue weighted by Gasteiger charge is -2.12. The van der Waals surface area contributed by atoms with E-state index < -0.39 is 5.91 Å². The predicted molar refractivity (Wildman–Crippen MR) is 117 cm³/mol. The van der Waals surface area contributed by atoms with Gasteiger partial charge in [-0.2, -0.15) is 0 Å². The summed E-state index contributed by atoms with van der Waals surface area (Å²) < 4.78 is 7.96. The molecule has 0 atom stereocenters. The third kappa shape index (κ3) is 4.56. The van der Waals surface area contributed by atoms with E-state index in [9.17, 15) is 9.59 Å². The molecule has 152 valence electrons. The fraction of sp³-hybridized carbons (Fsp3) is 0.273. The van der Waals surface area contributed by atoms with E-state index in [1.807, 2.05) is 36.6 Å². The van der Waals surface area contributed by atoms with E-state index in [0.717, 1.165) is 33.3 Å². The molecule has 0 aliphatic heterocycles. The monoisotopic (exact) mass is 411 g/mol. The molecule has 6 nitrogen and oxygen atoms in total. The topological polar surface area (TPSA) is 100 Å². The van der Waals surface area contributed by atoms with Crippen LogP contribution in [0.3, 0.4) is 0 Å². The number of hydrogen-bond donors (Lipinski definition) is 2. The number of anilines is 1. The van der Waals surface area contributed by atoms with E-state index in [2.05, 4.69) is 16.7 Å². The largest absolute Gasteiger partial charge is 0.491 e. The summed E-state index contributed by atoms with van der Waals surface area (Å²) in [6.07, 6.45) is 4.02. The van der Waals surface area contributed by atoms with Crippen LogP contribution in [0.25, 0.3) is 10.9 Å². The number of unbranched alkanes of at least 4 members (excludes halogenated alkanes) is 1. The first-order valence-corrected chi connectivity index (χ1v) is 10.7. The molecule has 0 aliphatic carbocycles. The molecular weight excluding hydrogens is 386 g/mol. The van der Waals surface area contributed by atoms with Crippen LogP contribution in [0, 0.1) is 0 Å². The molecule has 0 aliphatic rings. The summed E-state index contributed by atoms with van der Waals surface area (Å²) >= 11 is 1.57. The maximum Gasteiger partial charge on any atom is 0.221 e. The number of benzene rings is 2. The highest BCUT2D eigenvalue weighted by Gasteiger charge is 2.22. The zero-order chi connectivity index (χ0) is 20.8. The molecule has 1 heterocycles. The number of nitrogen functional groups attached to an aromatic ring is 1. The molecule has 1 aromatic heterocycles. The molecule has 3 rings (SSSR count). The van der Waals surface area contributed by atoms with Crippen molar-refractivity contribution in [3.8, 4) is 5.75 Å². The lowest BCUT2D eigenvalue weighted by atomic mass is 10.1. The quantitative estimate of drug-likeness (QED) is 0.231. The number of aromatic nitrogens is 1. The third-order valence-corrected chi connectivity index (χ3v) is 5.58. The number of ether oxygens (including phenoxy) is 1. The number of carbonyl (C=O) groups excluding carboxylic acids is 2. The Labute approximate surface area is 174 Å². The summed E-state index contributed by atoms with van der Waals surface area (Å²) in [6.45, 7) is 1.06. The fourth-order valence-corrected chi connectivity index (χ4v) is 4.28. The molecule has 0 bridgehead atoms. The lowest BCUT2D eigenvalue weighted by Crippen LogP contribution is -2.14. The average molecular weight is 412 g/mol. The summed E-state index contributed by atoms with van der Waals surface area (Å²) in [5.41, 5.74) is 15.4. The van der Waals surface area contributed by atoms with Gasteiger partial charge in [0, 0.05) is 23.9 Å². The highest BCUT2D eigenvalue weighted by atomic mass is 32.2. The fourth-order valence-electron chi connectivity index (χ4n) is 3.48. The SMILES string of the molecule is CSc1c(CC(N)=O)c2c(N)c(OCCCC=O)ccc2n1Cc1ccccc1. The molecule has 2 aromatic carbocycles. The first-order valence-electron chi connectivity index (χ1n) is 9.43. The van der Waals surface area contributed by atoms with Gasteiger partial charge in [-0.15, -0.1) is 11.8 Å². The van der Waals surface area contributed by atoms with Gasteiger partial charge in [0.2, 0.25) is 5.91 Å². The Bertz CT molecular complexity index is 1020. The number of nitrogens with zero attached hydrogens (tertiary/aromatic N) is 1. The average Bonchev–Trinajstić information content (AvgIpc) is 3.00. The first-order chi connectivity index (χ1) is 14.1. The van der Waals surface area contributed by atoms with E-state index in [0.29, 0.717) is 37.4 Å². The number of carbonyl (C=O) groups is 2. The molecule has 0 fully saturated rings. The molecule has 3 aromatic rings. The van der Waals surface area contributed by atoms with Gasteiger partial charge in [-0.1, -0.05) is 30.3 Å². The molecule has 0 saturated carbocycles. The summed E-state index contributed by atoms with van der Waals surface area (Å²) in [5, 5.41) is 1.77. The van der Waals surface area contributed by atoms with Crippen LogP contribution in [0.15, 0.2) is 47.5 Å². The van der Waals surface area contributed by atoms with Gasteiger partial charge in [-0.05, 0) is 30.4 Å². The Balaban J connectivity index is 2.11. The van der Waals surface area contributed by atoms with Gasteiger partial charge in [0.25, 0.3) is 0 Å². The number of thioether (sulfide) groups is 1. The zero-order valence-corrected chi connectivity index (χ0v) is 17.2. The van der Waals surface area contributed by atoms with Crippen molar-refractivity contribution in [3.63, 3.8) is 0 Å². The zero-order valence-electron chi connectivity index (χ0n) is 16.4. The minimum Gasteiger partial charge on any atom is -0.491 e. The second-order valence-electron chi connectivity index (χ2n) is 6.73. The molecule has 7 heteroatoms. The summed E-state index contributed by atoms with van der Waals surface area (Å²) in [4.78, 5) is 22.3. The van der Waals surface area contributed by atoms with E-state index in [-0.39, 0.29) is 6.42 Å². The van der Waals surface area contributed by atoms with E-state index >= 15 is 0 Å². The number of aldehydes is 1. The molecule has 4 N–H and O–H groups in total. The molecule has 0 radical (unpaired) electrons. The number of nitrogens with two attached hydrogens (primary N) is 2. The summed E-state index contributed by atoms with van der Waals surface area (Å²) in [6, 6.07) is 13.9. The lowest BCUT2D eigenvalue weighted by molar-refractivity contribution is -0.117. The Hall–Kier alpha value is -2.93. The second-order valence-corrected chi connectivity index (χ2v) is 7.53. The predicted octanol–water partition coefficient (Wildman–Crippen LogP) is 3.38. The molecule has 29 heavy (non-hydrogen) atoms. The number of amides is 1. The van der Waals surface area contributed by atoms with Crippen LogP contribution in [0.1, 0.15) is 24.0 Å². The van der Waals surface area contributed by atoms with E-state index in [1.165, 1.54) is 0 Å². The van der Waals surface area contributed by atoms with Gasteiger partial charge in [0.05, 0.1) is 29.3 Å². The van der Waals surface area contributed by atoms with Crippen molar-refractivity contribution in [1.29, 1.82) is 0 Å². The van der Waals surface area contributed by atoms with Crippen LogP contribution in [0.5, 0.6) is 5.75 Å². The molecular formula is C22H25N3O3S. The number of fused-ring (bicyclic) bond motifs is 1. The number of primary amides is 1. The molecule has 0 spiro atoms. The minimum atomic E-state index is -0.407. The highest BCUT2D eigenvalue weighted by molar-refractivity contribution is 7.98. The summed E-state index contributed by atoms with van der Waals surface area (Å²) in [7, 11) is 0. The maximum absolute atomic E-state index is 11.8. The van der Waals surface area contributed by atoms with Gasteiger partial charge in [-0.3, -0.25) is 4.79 Å². The van der Waals surface area contributed by atoms with E-state index in [1.54, 1.807) is 11.8 Å². The third-order valence-electron chi connectivity index (χ3n) is 4.73. The van der Waals surface area contributed by atoms with Crippen LogP contribution in [-0.2, 0) is 22.6 Å². The van der Waals surface area contributed by atoms with Crippen molar-refractivity contribution in [2.45, 2.75) is 30.8 Å². The Morgan fingerprint density at radius 2 is 1.97 bits per heavy atom. The van der Waals surface area contributed by atoms with Crippen molar-refractivity contribution < 1.29 is 14.3 Å². The van der Waals surface area contributed by atoms with Crippen molar-refractivity contribution in [3.05, 3.63) is 53.6 Å². The maximum atomic E-state index is 11.8. The smallest absolute Gasteiger partial charge is 0.221 e. The van der Waals surface area contributed by atoms with Crippen molar-refractivity contribution in [1.82, 2.24) is 4.57 Å².